The van der Waals surface area contributed by atoms with Crippen LogP contribution >= 0.6 is 11.6 Å². The van der Waals surface area contributed by atoms with Gasteiger partial charge < -0.3 is 5.32 Å². The summed E-state index contributed by atoms with van der Waals surface area (Å²) in [6.07, 6.45) is 2.64. The molecule has 0 aliphatic heterocycles. The van der Waals surface area contributed by atoms with Gasteiger partial charge in [0.05, 0.1) is 23.0 Å². The van der Waals surface area contributed by atoms with Crippen molar-refractivity contribution in [2.45, 2.75) is 46.2 Å². The number of nitrogens with zero attached hydrogens (tertiary/aromatic N) is 2. The molecule has 1 atom stereocenters. The van der Waals surface area contributed by atoms with Crippen molar-refractivity contribution in [3.05, 3.63) is 51.8 Å². The van der Waals surface area contributed by atoms with Crippen molar-refractivity contribution in [1.29, 1.82) is 0 Å². The number of aromatic nitrogens is 2. The van der Waals surface area contributed by atoms with Crippen molar-refractivity contribution in [3.63, 3.8) is 0 Å². The van der Waals surface area contributed by atoms with E-state index in [2.05, 4.69) is 56.3 Å². The van der Waals surface area contributed by atoms with E-state index >= 15 is 0 Å². The molecule has 1 N–H and O–H groups in total. The van der Waals surface area contributed by atoms with Crippen molar-refractivity contribution in [1.82, 2.24) is 15.1 Å². The third-order valence-corrected chi connectivity index (χ3v) is 3.97. The zero-order valence-corrected chi connectivity index (χ0v) is 14.2. The minimum absolute atomic E-state index is 0.156. The van der Waals surface area contributed by atoms with Gasteiger partial charge in [0.1, 0.15) is 0 Å². The first kappa shape index (κ1) is 16.1. The van der Waals surface area contributed by atoms with Gasteiger partial charge in [0, 0.05) is 6.04 Å². The largest absolute Gasteiger partial charge is 0.311 e. The van der Waals surface area contributed by atoms with Crippen molar-refractivity contribution in [3.8, 4) is 0 Å². The second-order valence-corrected chi connectivity index (χ2v) is 6.36. The van der Waals surface area contributed by atoms with Crippen LogP contribution in [0.3, 0.4) is 0 Å². The van der Waals surface area contributed by atoms with Crippen molar-refractivity contribution in [2.75, 3.05) is 7.05 Å². The maximum absolute atomic E-state index is 6.37. The number of aryl methyl sites for hydroxylation is 2. The molecule has 2 rings (SSSR count). The molecular formula is C17H24ClN3. The predicted molar refractivity (Wildman–Crippen MR) is 89.0 cm³/mol. The van der Waals surface area contributed by atoms with E-state index in [0.29, 0.717) is 6.04 Å². The Balaban J connectivity index is 2.34. The van der Waals surface area contributed by atoms with Gasteiger partial charge in [0.25, 0.3) is 0 Å². The van der Waals surface area contributed by atoms with Gasteiger partial charge in [-0.15, -0.1) is 0 Å². The topological polar surface area (TPSA) is 29.9 Å². The molecule has 114 valence electrons. The monoisotopic (exact) mass is 305 g/mol. The number of rotatable bonds is 5. The summed E-state index contributed by atoms with van der Waals surface area (Å²) in [5, 5.41) is 8.52. The summed E-state index contributed by atoms with van der Waals surface area (Å²) in [5.74, 6) is 0. The molecule has 0 radical (unpaired) electrons. The molecule has 3 nitrogen and oxygen atoms in total. The Morgan fingerprint density at radius 1 is 1.19 bits per heavy atom. The summed E-state index contributed by atoms with van der Waals surface area (Å²) in [6.45, 7) is 8.51. The van der Waals surface area contributed by atoms with Crippen LogP contribution in [0.1, 0.15) is 48.3 Å². The molecule has 1 aromatic carbocycles. The highest BCUT2D eigenvalue weighted by atomic mass is 35.5. The minimum Gasteiger partial charge on any atom is -0.311 e. The maximum Gasteiger partial charge on any atom is 0.0834 e. The average molecular weight is 306 g/mol. The first-order valence-electron chi connectivity index (χ1n) is 7.39. The predicted octanol–water partition coefficient (Wildman–Crippen LogP) is 4.24. The first-order chi connectivity index (χ1) is 9.92. The SMILES string of the molecule is CNC(Cc1cc(C)cc(C)c1)c1c(Cl)cnn1C(C)C. The molecule has 0 aliphatic carbocycles. The Hall–Kier alpha value is -1.32. The number of nitrogens with one attached hydrogen (secondary N) is 1. The van der Waals surface area contributed by atoms with Crippen LogP contribution in [0.4, 0.5) is 0 Å². The van der Waals surface area contributed by atoms with Crippen LogP contribution in [-0.2, 0) is 6.42 Å². The molecule has 0 saturated carbocycles. The van der Waals surface area contributed by atoms with E-state index < -0.39 is 0 Å². The van der Waals surface area contributed by atoms with Crippen LogP contribution in [0.2, 0.25) is 5.02 Å². The van der Waals surface area contributed by atoms with E-state index in [0.717, 1.165) is 17.1 Å². The summed E-state index contributed by atoms with van der Waals surface area (Å²) in [6, 6.07) is 7.12. The lowest BCUT2D eigenvalue weighted by Crippen LogP contribution is -2.23. The summed E-state index contributed by atoms with van der Waals surface area (Å²) in [4.78, 5) is 0. The Labute approximate surface area is 132 Å². The molecule has 0 amide bonds. The fourth-order valence-electron chi connectivity index (χ4n) is 2.85. The molecule has 0 aliphatic rings. The van der Waals surface area contributed by atoms with Gasteiger partial charge >= 0.3 is 0 Å². The fourth-order valence-corrected chi connectivity index (χ4v) is 3.11. The zero-order valence-electron chi connectivity index (χ0n) is 13.4. The Morgan fingerprint density at radius 3 is 2.33 bits per heavy atom. The molecule has 1 heterocycles. The van der Waals surface area contributed by atoms with Gasteiger partial charge in [-0.25, -0.2) is 0 Å². The summed E-state index contributed by atoms with van der Waals surface area (Å²) >= 11 is 6.37. The Bertz CT molecular complexity index is 596. The number of hydrogen-bond donors (Lipinski definition) is 1. The second-order valence-electron chi connectivity index (χ2n) is 5.96. The van der Waals surface area contributed by atoms with Gasteiger partial charge in [-0.3, -0.25) is 4.68 Å². The number of hydrogen-bond acceptors (Lipinski definition) is 2. The standard InChI is InChI=1S/C17H24ClN3/c1-11(2)21-17(15(18)10-20-21)16(19-5)9-14-7-12(3)6-13(4)8-14/h6-8,10-11,16,19H,9H2,1-5H3. The number of benzene rings is 1. The van der Waals surface area contributed by atoms with Gasteiger partial charge in [0.15, 0.2) is 0 Å². The van der Waals surface area contributed by atoms with Crippen LogP contribution < -0.4 is 5.32 Å². The first-order valence-corrected chi connectivity index (χ1v) is 7.77. The summed E-state index contributed by atoms with van der Waals surface area (Å²) in [5.41, 5.74) is 4.97. The Kier molecular flexibility index (Phi) is 5.07. The molecule has 0 spiro atoms. The highest BCUT2D eigenvalue weighted by molar-refractivity contribution is 6.31. The lowest BCUT2D eigenvalue weighted by Gasteiger charge is -2.21. The number of halogens is 1. The van der Waals surface area contributed by atoms with Crippen molar-refractivity contribution < 1.29 is 0 Å². The lowest BCUT2D eigenvalue weighted by molar-refractivity contribution is 0.460. The molecule has 4 heteroatoms. The highest BCUT2D eigenvalue weighted by Crippen LogP contribution is 2.28. The van der Waals surface area contributed by atoms with Crippen LogP contribution in [-0.4, -0.2) is 16.8 Å². The zero-order chi connectivity index (χ0) is 15.6. The molecule has 0 saturated heterocycles. The van der Waals surface area contributed by atoms with Crippen LogP contribution in [0.25, 0.3) is 0 Å². The van der Waals surface area contributed by atoms with Crippen LogP contribution in [0.5, 0.6) is 0 Å². The third kappa shape index (κ3) is 3.66. The molecule has 2 aromatic rings. The summed E-state index contributed by atoms with van der Waals surface area (Å²) < 4.78 is 2.01. The van der Waals surface area contributed by atoms with Gasteiger partial charge in [0.2, 0.25) is 0 Å². The molecule has 1 aromatic heterocycles. The van der Waals surface area contributed by atoms with E-state index in [1.54, 1.807) is 6.20 Å². The average Bonchev–Trinajstić information content (AvgIpc) is 2.77. The van der Waals surface area contributed by atoms with E-state index in [1.165, 1.54) is 16.7 Å². The van der Waals surface area contributed by atoms with E-state index in [9.17, 15) is 0 Å². The Morgan fingerprint density at radius 2 is 1.81 bits per heavy atom. The molecule has 1 unspecified atom stereocenters. The lowest BCUT2D eigenvalue weighted by atomic mass is 9.99. The normalized spacial score (nSPS) is 12.9. The van der Waals surface area contributed by atoms with E-state index in [-0.39, 0.29) is 6.04 Å². The van der Waals surface area contributed by atoms with Gasteiger partial charge in [-0.2, -0.15) is 5.10 Å². The van der Waals surface area contributed by atoms with Crippen molar-refractivity contribution in [2.24, 2.45) is 0 Å². The van der Waals surface area contributed by atoms with Crippen LogP contribution in [0, 0.1) is 13.8 Å². The molecule has 0 bridgehead atoms. The fraction of sp³-hybridized carbons (Fsp3) is 0.471. The molecule has 21 heavy (non-hydrogen) atoms. The molecule has 0 fully saturated rings. The van der Waals surface area contributed by atoms with Gasteiger partial charge in [-0.05, 0) is 46.7 Å². The quantitative estimate of drug-likeness (QED) is 0.895. The van der Waals surface area contributed by atoms with E-state index in [4.69, 9.17) is 11.6 Å². The van der Waals surface area contributed by atoms with Crippen LogP contribution in [0.15, 0.2) is 24.4 Å². The van der Waals surface area contributed by atoms with Crippen molar-refractivity contribution >= 4 is 11.6 Å². The molecular weight excluding hydrogens is 282 g/mol. The second kappa shape index (κ2) is 6.63. The minimum atomic E-state index is 0.156. The van der Waals surface area contributed by atoms with E-state index in [1.807, 2.05) is 11.7 Å². The maximum atomic E-state index is 6.37. The number of likely N-dealkylation sites (N-methyl/N-ethyl adjacent to an activating group) is 1. The third-order valence-electron chi connectivity index (χ3n) is 3.68. The highest BCUT2D eigenvalue weighted by Gasteiger charge is 2.21. The van der Waals surface area contributed by atoms with Gasteiger partial charge in [-0.1, -0.05) is 40.9 Å². The summed E-state index contributed by atoms with van der Waals surface area (Å²) in [7, 11) is 1.97. The smallest absolute Gasteiger partial charge is 0.0834 e.